The van der Waals surface area contributed by atoms with Crippen LogP contribution in [0.1, 0.15) is 36.3 Å². The van der Waals surface area contributed by atoms with Gasteiger partial charge < -0.3 is 18.0 Å². The van der Waals surface area contributed by atoms with Crippen LogP contribution >= 0.6 is 23.2 Å². The summed E-state index contributed by atoms with van der Waals surface area (Å²) in [5, 5.41) is 10.6. The molecule has 0 aliphatic carbocycles. The second-order valence-electron chi connectivity index (χ2n) is 12.4. The van der Waals surface area contributed by atoms with Crippen molar-refractivity contribution < 1.29 is 17.6 Å². The average molecular weight is 826 g/mol. The Bertz CT molecular complexity index is 2920. The number of fused-ring (bicyclic) bond motifs is 2. The van der Waals surface area contributed by atoms with Gasteiger partial charge in [0.25, 0.3) is 11.1 Å². The first-order chi connectivity index (χ1) is 27.3. The normalized spacial score (nSPS) is 11.1. The smallest absolute Gasteiger partial charge is 0.390 e. The van der Waals surface area contributed by atoms with Crippen LogP contribution in [-0.2, 0) is 46.6 Å². The number of benzene rings is 2. The summed E-state index contributed by atoms with van der Waals surface area (Å²) in [6.45, 7) is 2.11. The summed E-state index contributed by atoms with van der Waals surface area (Å²) in [5.74, 6) is -1.83. The van der Waals surface area contributed by atoms with Gasteiger partial charge in [-0.05, 0) is 48.2 Å². The molecule has 6 aromatic heterocycles. The van der Waals surface area contributed by atoms with Crippen molar-refractivity contribution in [2.75, 3.05) is 0 Å². The molecule has 18 nitrogen and oxygen atoms in total. The maximum Gasteiger partial charge on any atom is 0.437 e. The Kier molecular flexibility index (Phi) is 12.3. The Hall–Kier alpha value is -6.54. The maximum atomic E-state index is 13.9. The van der Waals surface area contributed by atoms with E-state index in [0.717, 1.165) is 23.1 Å². The molecule has 8 rings (SSSR count). The first kappa shape index (κ1) is 40.1. The zero-order valence-electron chi connectivity index (χ0n) is 30.4. The second kappa shape index (κ2) is 17.5. The minimum Gasteiger partial charge on any atom is -0.390 e. The van der Waals surface area contributed by atoms with E-state index in [1.165, 1.54) is 46.6 Å². The van der Waals surface area contributed by atoms with Crippen LogP contribution in [0.4, 0.5) is 8.78 Å². The highest BCUT2D eigenvalue weighted by molar-refractivity contribution is 6.30. The first-order valence-electron chi connectivity index (χ1n) is 17.0. The van der Waals surface area contributed by atoms with Crippen LogP contribution in [-0.4, -0.2) is 58.2 Å². The van der Waals surface area contributed by atoms with Crippen molar-refractivity contribution in [1.29, 1.82) is 0 Å². The van der Waals surface area contributed by atoms with Gasteiger partial charge in [-0.3, -0.25) is 18.7 Å². The number of hydrogen-bond acceptors (Lipinski definition) is 12. The van der Waals surface area contributed by atoms with Crippen molar-refractivity contribution in [2.24, 2.45) is 14.1 Å². The number of nitrogens with one attached hydrogen (secondary N) is 1. The van der Waals surface area contributed by atoms with Gasteiger partial charge in [0.2, 0.25) is 11.8 Å². The van der Waals surface area contributed by atoms with Crippen molar-refractivity contribution in [2.45, 2.75) is 45.8 Å². The van der Waals surface area contributed by atoms with Crippen LogP contribution < -0.4 is 22.6 Å². The lowest BCUT2D eigenvalue weighted by molar-refractivity contribution is 0.433. The minimum absolute atomic E-state index is 0.0334. The van der Waals surface area contributed by atoms with Crippen molar-refractivity contribution in [1.82, 2.24) is 58.2 Å². The van der Waals surface area contributed by atoms with Gasteiger partial charge in [-0.2, -0.15) is 4.68 Å². The third-order valence-corrected chi connectivity index (χ3v) is 8.76. The third kappa shape index (κ3) is 9.47. The molecule has 1 N–H and O–H groups in total. The lowest BCUT2D eigenvalue weighted by atomic mass is 10.1. The van der Waals surface area contributed by atoms with E-state index in [2.05, 4.69) is 35.2 Å². The van der Waals surface area contributed by atoms with E-state index in [1.54, 1.807) is 47.5 Å². The van der Waals surface area contributed by atoms with Gasteiger partial charge in [0.15, 0.2) is 22.3 Å². The summed E-state index contributed by atoms with van der Waals surface area (Å²) in [7, 11) is 3.39. The summed E-state index contributed by atoms with van der Waals surface area (Å²) in [5.41, 5.74) is 1.98. The van der Waals surface area contributed by atoms with E-state index in [-0.39, 0.29) is 54.8 Å². The van der Waals surface area contributed by atoms with Gasteiger partial charge in [0, 0.05) is 24.1 Å². The molecule has 6 heterocycles. The highest BCUT2D eigenvalue weighted by atomic mass is 35.5. The zero-order valence-corrected chi connectivity index (χ0v) is 31.9. The van der Waals surface area contributed by atoms with Crippen molar-refractivity contribution in [3.05, 3.63) is 148 Å². The number of imidazole rings is 2. The molecule has 0 saturated carbocycles. The lowest BCUT2D eigenvalue weighted by Gasteiger charge is -2.03. The standard InChI is InChI=1S/C17H14ClFN6O3.C9H10ClF.C9H8N6O3/c1-23-8-20-15-14(23)16(26)24(9-21-15)7-13-22-25(17(27)28-13)5-4-10-2-3-11(18)6-12(10)19;1-2-3-7-4-5-8(10)6-9(7)11;1-14-3-10-7-6(14)8(16)15(4-11-7)2-5-12-13-9(17)18-5/h2-3,6,8-9H,4-5,7H2,1H3;4-6H,2-3H2,1H3;3-4H,2H2,1H3,(H,13,17). The molecule has 0 unspecified atom stereocenters. The van der Waals surface area contributed by atoms with E-state index in [9.17, 15) is 28.0 Å². The summed E-state index contributed by atoms with van der Waals surface area (Å²) >= 11 is 11.3. The molecule has 0 aliphatic rings. The van der Waals surface area contributed by atoms with Crippen LogP contribution in [0.15, 0.2) is 89.7 Å². The summed E-state index contributed by atoms with van der Waals surface area (Å²) < 4.78 is 43.5. The minimum atomic E-state index is -0.688. The quantitative estimate of drug-likeness (QED) is 0.221. The Morgan fingerprint density at radius 2 is 1.21 bits per heavy atom. The van der Waals surface area contributed by atoms with Crippen LogP contribution in [0.3, 0.4) is 0 Å². The Balaban J connectivity index is 0.000000161. The number of hydrogen-bond donors (Lipinski definition) is 1. The molecule has 22 heteroatoms. The zero-order chi connectivity index (χ0) is 40.8. The van der Waals surface area contributed by atoms with Gasteiger partial charge in [-0.25, -0.2) is 43.4 Å². The second-order valence-corrected chi connectivity index (χ2v) is 13.2. The van der Waals surface area contributed by atoms with Gasteiger partial charge in [-0.15, -0.1) is 10.2 Å². The molecular weight excluding hydrogens is 793 g/mol. The van der Waals surface area contributed by atoms with Gasteiger partial charge in [-0.1, -0.05) is 48.7 Å². The molecule has 0 atom stereocenters. The van der Waals surface area contributed by atoms with Crippen molar-refractivity contribution >= 4 is 45.5 Å². The molecule has 0 saturated heterocycles. The molecule has 0 spiro atoms. The molecular formula is C35H32Cl2F2N12O6. The van der Waals surface area contributed by atoms with Gasteiger partial charge >= 0.3 is 11.5 Å². The Labute approximate surface area is 328 Å². The first-order valence-corrected chi connectivity index (χ1v) is 17.8. The number of H-pyrrole nitrogens is 1. The van der Waals surface area contributed by atoms with E-state index in [0.29, 0.717) is 37.9 Å². The predicted molar refractivity (Wildman–Crippen MR) is 202 cm³/mol. The molecule has 0 aliphatic heterocycles. The summed E-state index contributed by atoms with van der Waals surface area (Å²) in [4.78, 5) is 63.6. The molecule has 0 bridgehead atoms. The van der Waals surface area contributed by atoms with E-state index in [4.69, 9.17) is 32.0 Å². The third-order valence-electron chi connectivity index (χ3n) is 8.29. The highest BCUT2D eigenvalue weighted by Gasteiger charge is 2.15. The molecule has 0 fully saturated rings. The number of nitrogens with zero attached hydrogens (tertiary/aromatic N) is 11. The Morgan fingerprint density at radius 3 is 1.70 bits per heavy atom. The molecule has 8 aromatic rings. The topological polar surface area (TPSA) is 212 Å². The summed E-state index contributed by atoms with van der Waals surface area (Å²) in [6, 6.07) is 9.15. The molecule has 0 amide bonds. The van der Waals surface area contributed by atoms with E-state index >= 15 is 0 Å². The lowest BCUT2D eigenvalue weighted by Crippen LogP contribution is -2.22. The number of aromatic amines is 1. The monoisotopic (exact) mass is 824 g/mol. The fourth-order valence-electron chi connectivity index (χ4n) is 5.49. The van der Waals surface area contributed by atoms with Crippen molar-refractivity contribution in [3.8, 4) is 0 Å². The average Bonchev–Trinajstić information content (AvgIpc) is 3.96. The van der Waals surface area contributed by atoms with Crippen LogP contribution in [0.2, 0.25) is 10.0 Å². The molecule has 57 heavy (non-hydrogen) atoms. The fourth-order valence-corrected chi connectivity index (χ4v) is 5.81. The molecule has 296 valence electrons. The van der Waals surface area contributed by atoms with E-state index in [1.807, 2.05) is 6.92 Å². The van der Waals surface area contributed by atoms with Gasteiger partial charge in [0.05, 0.1) is 19.2 Å². The van der Waals surface area contributed by atoms with Gasteiger partial charge in [0.1, 0.15) is 37.4 Å². The Morgan fingerprint density at radius 1 is 0.702 bits per heavy atom. The van der Waals surface area contributed by atoms with Crippen LogP contribution in [0.5, 0.6) is 0 Å². The summed E-state index contributed by atoms with van der Waals surface area (Å²) in [6.07, 6.45) is 7.64. The van der Waals surface area contributed by atoms with E-state index < -0.39 is 17.3 Å². The number of halogens is 4. The number of aromatic nitrogens is 12. The maximum absolute atomic E-state index is 13.9. The largest absolute Gasteiger partial charge is 0.437 e. The van der Waals surface area contributed by atoms with Crippen LogP contribution in [0.25, 0.3) is 22.3 Å². The SMILES string of the molecule is CCCc1ccc(Cl)cc1F.Cn1cnc2ncn(Cc3n[nH]c(=O)o3)c(=O)c21.Cn1cnc2ncn(Cc3nn(CCc4ccc(Cl)cc4F)c(=O)o3)c(=O)c21. The van der Waals surface area contributed by atoms with Crippen LogP contribution in [0, 0.1) is 11.6 Å². The molecule has 2 aromatic carbocycles. The van der Waals surface area contributed by atoms with Crippen molar-refractivity contribution in [3.63, 3.8) is 0 Å². The number of aryl methyl sites for hydroxylation is 5. The molecule has 0 radical (unpaired) electrons. The predicted octanol–water partition coefficient (Wildman–Crippen LogP) is 3.65. The highest BCUT2D eigenvalue weighted by Crippen LogP contribution is 2.16. The number of rotatable bonds is 9. The fraction of sp³-hybridized carbons (Fsp3) is 0.257.